The molecule has 0 fully saturated rings. The average Bonchev–Trinajstić information content (AvgIpc) is 2.31. The summed E-state index contributed by atoms with van der Waals surface area (Å²) in [5.74, 6) is -0.667. The van der Waals surface area contributed by atoms with Crippen LogP contribution >= 0.6 is 0 Å². The highest BCUT2D eigenvalue weighted by Crippen LogP contribution is 2.29. The second-order valence-corrected chi connectivity index (χ2v) is 3.57. The maximum Gasteiger partial charge on any atom is 0.325 e. The minimum absolute atomic E-state index is 0.126. The number of nitro groups is 1. The fraction of sp³-hybridized carbons (Fsp3) is 0.364. The van der Waals surface area contributed by atoms with Gasteiger partial charge in [0.2, 0.25) is 0 Å². The van der Waals surface area contributed by atoms with Crippen LogP contribution in [0.4, 0.5) is 11.4 Å². The number of nitrogens with one attached hydrogen (secondary N) is 1. The van der Waals surface area contributed by atoms with E-state index in [-0.39, 0.29) is 5.69 Å². The maximum atomic E-state index is 10.8. The Kier molecular flexibility index (Phi) is 4.47. The van der Waals surface area contributed by atoms with Crippen molar-refractivity contribution in [3.63, 3.8) is 0 Å². The number of non-ortho nitro benzene ring substituents is 1. The highest BCUT2D eigenvalue weighted by Gasteiger charge is 2.16. The molecule has 0 aliphatic carbocycles. The molecule has 1 aromatic carbocycles. The number of hydrogen-bond donors (Lipinski definition) is 2. The van der Waals surface area contributed by atoms with Gasteiger partial charge in [-0.15, -0.1) is 0 Å². The van der Waals surface area contributed by atoms with Crippen LogP contribution in [-0.2, 0) is 4.79 Å². The molecule has 0 bridgehead atoms. The van der Waals surface area contributed by atoms with Crippen LogP contribution in [0.25, 0.3) is 0 Å². The summed E-state index contributed by atoms with van der Waals surface area (Å²) in [4.78, 5) is 20.9. The topological polar surface area (TPSA) is 102 Å². The van der Waals surface area contributed by atoms with Gasteiger partial charge in [0.25, 0.3) is 5.69 Å². The smallest absolute Gasteiger partial charge is 0.325 e. The molecule has 0 saturated heterocycles. The van der Waals surface area contributed by atoms with Gasteiger partial charge in [-0.1, -0.05) is 0 Å². The van der Waals surface area contributed by atoms with E-state index in [1.165, 1.54) is 25.1 Å². The van der Waals surface area contributed by atoms with Crippen molar-refractivity contribution in [2.45, 2.75) is 19.9 Å². The third kappa shape index (κ3) is 3.34. The molecular formula is C11H14N2O5. The fourth-order valence-electron chi connectivity index (χ4n) is 1.32. The molecule has 0 radical (unpaired) electrons. The Labute approximate surface area is 104 Å². The Morgan fingerprint density at radius 1 is 1.61 bits per heavy atom. The first kappa shape index (κ1) is 13.8. The van der Waals surface area contributed by atoms with E-state index in [1.54, 1.807) is 6.92 Å². The average molecular weight is 254 g/mol. The van der Waals surface area contributed by atoms with Crippen molar-refractivity contribution in [2.24, 2.45) is 0 Å². The van der Waals surface area contributed by atoms with E-state index >= 15 is 0 Å². The summed E-state index contributed by atoms with van der Waals surface area (Å²) in [7, 11) is 0. The zero-order valence-electron chi connectivity index (χ0n) is 10.0. The molecule has 7 nitrogen and oxygen atoms in total. The molecule has 7 heteroatoms. The summed E-state index contributed by atoms with van der Waals surface area (Å²) >= 11 is 0. The van der Waals surface area contributed by atoms with Gasteiger partial charge >= 0.3 is 5.97 Å². The van der Waals surface area contributed by atoms with E-state index in [0.717, 1.165) is 0 Å². The number of nitro benzene ring substituents is 1. The molecule has 1 rings (SSSR count). The van der Waals surface area contributed by atoms with Crippen LogP contribution in [0.5, 0.6) is 5.75 Å². The monoisotopic (exact) mass is 254 g/mol. The predicted octanol–water partition coefficient (Wildman–Crippen LogP) is 1.88. The van der Waals surface area contributed by atoms with Crippen LogP contribution in [0.1, 0.15) is 13.8 Å². The van der Waals surface area contributed by atoms with Gasteiger partial charge in [0.05, 0.1) is 17.2 Å². The van der Waals surface area contributed by atoms with Crippen LogP contribution in [-0.4, -0.2) is 28.6 Å². The standard InChI is InChI=1S/C11H14N2O5/c1-3-18-10-5-4-8(13(16)17)6-9(10)12-7(2)11(14)15/h4-7,12H,3H2,1-2H3,(H,14,15)/t7-/m0/s1. The first-order chi connectivity index (χ1) is 8.45. The number of carboxylic acid groups (broad SMARTS) is 1. The van der Waals surface area contributed by atoms with Crippen LogP contribution < -0.4 is 10.1 Å². The van der Waals surface area contributed by atoms with Gasteiger partial charge in [0.1, 0.15) is 11.8 Å². The Morgan fingerprint density at radius 2 is 2.28 bits per heavy atom. The van der Waals surface area contributed by atoms with E-state index in [4.69, 9.17) is 9.84 Å². The lowest BCUT2D eigenvalue weighted by atomic mass is 10.2. The van der Waals surface area contributed by atoms with Crippen LogP contribution in [0.3, 0.4) is 0 Å². The minimum atomic E-state index is -1.05. The maximum absolute atomic E-state index is 10.8. The number of rotatable bonds is 6. The molecule has 98 valence electrons. The Bertz CT molecular complexity index is 461. The highest BCUT2D eigenvalue weighted by molar-refractivity contribution is 5.78. The van der Waals surface area contributed by atoms with Crippen molar-refractivity contribution < 1.29 is 19.6 Å². The van der Waals surface area contributed by atoms with Gasteiger partial charge in [-0.25, -0.2) is 0 Å². The third-order valence-electron chi connectivity index (χ3n) is 2.22. The Hall–Kier alpha value is -2.31. The Morgan fingerprint density at radius 3 is 2.78 bits per heavy atom. The van der Waals surface area contributed by atoms with Gasteiger partial charge in [-0.2, -0.15) is 0 Å². The van der Waals surface area contributed by atoms with Crippen molar-refractivity contribution in [3.8, 4) is 5.75 Å². The molecule has 0 aliphatic heterocycles. The van der Waals surface area contributed by atoms with Crippen molar-refractivity contribution in [1.82, 2.24) is 0 Å². The number of benzene rings is 1. The number of aliphatic carboxylic acids is 1. The molecule has 0 spiro atoms. The molecule has 1 atom stereocenters. The van der Waals surface area contributed by atoms with Crippen LogP contribution in [0.15, 0.2) is 18.2 Å². The summed E-state index contributed by atoms with van der Waals surface area (Å²) in [6.45, 7) is 3.59. The first-order valence-electron chi connectivity index (χ1n) is 5.36. The lowest BCUT2D eigenvalue weighted by Crippen LogP contribution is -2.25. The number of ether oxygens (including phenoxy) is 1. The van der Waals surface area contributed by atoms with E-state index in [2.05, 4.69) is 5.32 Å². The minimum Gasteiger partial charge on any atom is -0.492 e. The van der Waals surface area contributed by atoms with E-state index in [0.29, 0.717) is 18.0 Å². The van der Waals surface area contributed by atoms with Gasteiger partial charge in [-0.05, 0) is 19.9 Å². The molecule has 0 amide bonds. The van der Waals surface area contributed by atoms with E-state index in [1.807, 2.05) is 0 Å². The summed E-state index contributed by atoms with van der Waals surface area (Å²) < 4.78 is 5.27. The number of nitrogens with zero attached hydrogens (tertiary/aromatic N) is 1. The quantitative estimate of drug-likeness (QED) is 0.593. The number of hydrogen-bond acceptors (Lipinski definition) is 5. The second kappa shape index (κ2) is 5.85. The lowest BCUT2D eigenvalue weighted by Gasteiger charge is -2.14. The van der Waals surface area contributed by atoms with Gasteiger partial charge in [0.15, 0.2) is 0 Å². The SMILES string of the molecule is CCOc1ccc([N+](=O)[O-])cc1N[C@@H](C)C(=O)O. The Balaban J connectivity index is 3.06. The second-order valence-electron chi connectivity index (χ2n) is 3.57. The summed E-state index contributed by atoms with van der Waals surface area (Å²) in [5.41, 5.74) is 0.166. The summed E-state index contributed by atoms with van der Waals surface area (Å²) in [6.07, 6.45) is 0. The number of anilines is 1. The molecule has 0 aliphatic rings. The van der Waals surface area contributed by atoms with Crippen molar-refractivity contribution in [1.29, 1.82) is 0 Å². The van der Waals surface area contributed by atoms with Crippen LogP contribution in [0.2, 0.25) is 0 Å². The first-order valence-corrected chi connectivity index (χ1v) is 5.36. The largest absolute Gasteiger partial charge is 0.492 e. The van der Waals surface area contributed by atoms with Crippen molar-refractivity contribution in [2.75, 3.05) is 11.9 Å². The van der Waals surface area contributed by atoms with Crippen molar-refractivity contribution in [3.05, 3.63) is 28.3 Å². The highest BCUT2D eigenvalue weighted by atomic mass is 16.6. The molecular weight excluding hydrogens is 240 g/mol. The van der Waals surface area contributed by atoms with E-state index < -0.39 is 16.9 Å². The zero-order valence-corrected chi connectivity index (χ0v) is 10.0. The summed E-state index contributed by atoms with van der Waals surface area (Å²) in [6, 6.07) is 3.14. The van der Waals surface area contributed by atoms with Gasteiger partial charge < -0.3 is 15.2 Å². The van der Waals surface area contributed by atoms with Crippen LogP contribution in [0, 0.1) is 10.1 Å². The van der Waals surface area contributed by atoms with Gasteiger partial charge in [0, 0.05) is 12.1 Å². The molecule has 0 unspecified atom stereocenters. The fourth-order valence-corrected chi connectivity index (χ4v) is 1.32. The summed E-state index contributed by atoms with van der Waals surface area (Å²) in [5, 5.41) is 22.1. The van der Waals surface area contributed by atoms with E-state index in [9.17, 15) is 14.9 Å². The lowest BCUT2D eigenvalue weighted by molar-refractivity contribution is -0.384. The molecule has 2 N–H and O–H groups in total. The molecule has 18 heavy (non-hydrogen) atoms. The molecule has 1 aromatic rings. The number of carboxylic acids is 1. The third-order valence-corrected chi connectivity index (χ3v) is 2.22. The predicted molar refractivity (Wildman–Crippen MR) is 65.0 cm³/mol. The normalized spacial score (nSPS) is 11.7. The number of carbonyl (C=O) groups is 1. The molecule has 0 saturated carbocycles. The molecule has 0 heterocycles. The zero-order chi connectivity index (χ0) is 13.7. The van der Waals surface area contributed by atoms with Gasteiger partial charge in [-0.3, -0.25) is 14.9 Å². The van der Waals surface area contributed by atoms with Crippen molar-refractivity contribution >= 4 is 17.3 Å². The molecule has 0 aromatic heterocycles.